The predicted octanol–water partition coefficient (Wildman–Crippen LogP) is 2.18. The summed E-state index contributed by atoms with van der Waals surface area (Å²) in [6.45, 7) is 4.21. The third-order valence-electron chi connectivity index (χ3n) is 1.51. The molecule has 1 heterocycles. The highest BCUT2D eigenvalue weighted by Crippen LogP contribution is 2.10. The second-order valence-electron chi connectivity index (χ2n) is 2.49. The third-order valence-corrected chi connectivity index (χ3v) is 1.71. The summed E-state index contributed by atoms with van der Waals surface area (Å²) in [6.07, 6.45) is 1.67. The second-order valence-corrected chi connectivity index (χ2v) is 2.88. The van der Waals surface area contributed by atoms with E-state index < -0.39 is 0 Å². The minimum atomic E-state index is 0.501. The largest absolute Gasteiger partial charge is 0.383 e. The van der Waals surface area contributed by atoms with E-state index in [0.29, 0.717) is 11.8 Å². The Balaban J connectivity index is 2.28. The molecule has 0 aliphatic heterocycles. The number of anilines is 1. The summed E-state index contributed by atoms with van der Waals surface area (Å²) >= 11 is 5.70. The van der Waals surface area contributed by atoms with Crippen LogP contribution in [0.1, 0.15) is 6.92 Å². The van der Waals surface area contributed by atoms with Gasteiger partial charge in [-0.3, -0.25) is 0 Å². The Morgan fingerprint density at radius 2 is 2.46 bits per heavy atom. The van der Waals surface area contributed by atoms with Crippen molar-refractivity contribution >= 4 is 17.3 Å². The number of halogens is 1. The Morgan fingerprint density at radius 1 is 1.62 bits per heavy atom. The summed E-state index contributed by atoms with van der Waals surface area (Å²) < 4.78 is 5.17. The number of ether oxygens (including phenoxy) is 1. The van der Waals surface area contributed by atoms with E-state index >= 15 is 0 Å². The molecule has 0 aliphatic rings. The summed E-state index contributed by atoms with van der Waals surface area (Å²) in [6, 6.07) is 3.66. The van der Waals surface area contributed by atoms with Gasteiger partial charge in [-0.1, -0.05) is 11.6 Å². The van der Waals surface area contributed by atoms with Crippen molar-refractivity contribution in [2.75, 3.05) is 25.1 Å². The molecule has 0 amide bonds. The molecule has 1 aromatic heterocycles. The molecule has 0 radical (unpaired) electrons. The van der Waals surface area contributed by atoms with E-state index in [1.54, 1.807) is 12.3 Å². The van der Waals surface area contributed by atoms with E-state index in [1.165, 1.54) is 0 Å². The van der Waals surface area contributed by atoms with Gasteiger partial charge in [0.2, 0.25) is 0 Å². The molecule has 0 aromatic carbocycles. The van der Waals surface area contributed by atoms with Crippen LogP contribution in [0.15, 0.2) is 18.3 Å². The number of aromatic nitrogens is 1. The van der Waals surface area contributed by atoms with E-state index in [1.807, 2.05) is 13.0 Å². The highest BCUT2D eigenvalue weighted by atomic mass is 35.5. The Hall–Kier alpha value is -0.800. The standard InChI is InChI=1S/C9H13ClN2O/c1-2-13-6-5-11-8-3-4-12-9(10)7-8/h3-4,7H,2,5-6H2,1H3,(H,11,12). The van der Waals surface area contributed by atoms with E-state index in [9.17, 15) is 0 Å². The fraction of sp³-hybridized carbons (Fsp3) is 0.444. The van der Waals surface area contributed by atoms with Gasteiger partial charge in [0.05, 0.1) is 6.61 Å². The third kappa shape index (κ3) is 4.10. The molecule has 1 N–H and O–H groups in total. The molecule has 72 valence electrons. The zero-order valence-corrected chi connectivity index (χ0v) is 8.34. The summed E-state index contributed by atoms with van der Waals surface area (Å²) in [5.74, 6) is 0. The van der Waals surface area contributed by atoms with Crippen LogP contribution in [0.5, 0.6) is 0 Å². The molecule has 0 unspecified atom stereocenters. The van der Waals surface area contributed by atoms with Crippen LogP contribution in [0.3, 0.4) is 0 Å². The quantitative estimate of drug-likeness (QED) is 0.585. The number of pyridine rings is 1. The van der Waals surface area contributed by atoms with Crippen molar-refractivity contribution in [2.45, 2.75) is 6.92 Å². The Morgan fingerprint density at radius 3 is 3.15 bits per heavy atom. The Kier molecular flexibility index (Phi) is 4.57. The molecule has 1 aromatic rings. The normalized spacial score (nSPS) is 10.0. The minimum Gasteiger partial charge on any atom is -0.383 e. The van der Waals surface area contributed by atoms with Gasteiger partial charge >= 0.3 is 0 Å². The fourth-order valence-electron chi connectivity index (χ4n) is 0.924. The van der Waals surface area contributed by atoms with Crippen molar-refractivity contribution in [3.05, 3.63) is 23.5 Å². The molecule has 0 bridgehead atoms. The SMILES string of the molecule is CCOCCNc1ccnc(Cl)c1. The first-order valence-corrected chi connectivity index (χ1v) is 4.64. The first kappa shape index (κ1) is 10.3. The molecule has 0 fully saturated rings. The summed E-state index contributed by atoms with van der Waals surface area (Å²) in [7, 11) is 0. The summed E-state index contributed by atoms with van der Waals surface area (Å²) in [5, 5.41) is 3.67. The van der Waals surface area contributed by atoms with Crippen molar-refractivity contribution < 1.29 is 4.74 Å². The monoisotopic (exact) mass is 200 g/mol. The first-order valence-electron chi connectivity index (χ1n) is 4.26. The van der Waals surface area contributed by atoms with E-state index in [4.69, 9.17) is 16.3 Å². The van der Waals surface area contributed by atoms with E-state index in [0.717, 1.165) is 18.8 Å². The zero-order valence-electron chi connectivity index (χ0n) is 7.59. The van der Waals surface area contributed by atoms with Gasteiger partial charge in [-0.2, -0.15) is 0 Å². The Bertz CT molecular complexity index is 255. The van der Waals surface area contributed by atoms with Crippen LogP contribution < -0.4 is 5.32 Å². The summed E-state index contributed by atoms with van der Waals surface area (Å²) in [5.41, 5.74) is 0.972. The van der Waals surface area contributed by atoms with Crippen LogP contribution >= 0.6 is 11.6 Å². The van der Waals surface area contributed by atoms with Gasteiger partial charge in [0.15, 0.2) is 0 Å². The lowest BCUT2D eigenvalue weighted by Gasteiger charge is -2.05. The summed E-state index contributed by atoms with van der Waals surface area (Å²) in [4.78, 5) is 3.88. The van der Waals surface area contributed by atoms with Gasteiger partial charge in [0.1, 0.15) is 5.15 Å². The number of hydrogen-bond donors (Lipinski definition) is 1. The molecule has 0 spiro atoms. The van der Waals surface area contributed by atoms with Crippen LogP contribution in [0.25, 0.3) is 0 Å². The van der Waals surface area contributed by atoms with Gasteiger partial charge in [0, 0.05) is 25.0 Å². The van der Waals surface area contributed by atoms with Gasteiger partial charge in [-0.05, 0) is 19.1 Å². The van der Waals surface area contributed by atoms with Crippen molar-refractivity contribution in [1.82, 2.24) is 4.98 Å². The van der Waals surface area contributed by atoms with Gasteiger partial charge in [-0.15, -0.1) is 0 Å². The van der Waals surface area contributed by atoms with Crippen LogP contribution in [0.4, 0.5) is 5.69 Å². The van der Waals surface area contributed by atoms with Crippen LogP contribution in [-0.2, 0) is 4.74 Å². The highest BCUT2D eigenvalue weighted by Gasteiger charge is 1.92. The molecule has 0 aliphatic carbocycles. The predicted molar refractivity (Wildman–Crippen MR) is 54.2 cm³/mol. The topological polar surface area (TPSA) is 34.1 Å². The number of hydrogen-bond acceptors (Lipinski definition) is 3. The van der Waals surface area contributed by atoms with Crippen LogP contribution in [0.2, 0.25) is 5.15 Å². The molecular formula is C9H13ClN2O. The maximum absolute atomic E-state index is 5.70. The van der Waals surface area contributed by atoms with Crippen LogP contribution in [0, 0.1) is 0 Å². The highest BCUT2D eigenvalue weighted by molar-refractivity contribution is 6.29. The average molecular weight is 201 g/mol. The maximum atomic E-state index is 5.70. The molecule has 0 saturated heterocycles. The second kappa shape index (κ2) is 5.78. The van der Waals surface area contributed by atoms with E-state index in [-0.39, 0.29) is 0 Å². The van der Waals surface area contributed by atoms with E-state index in [2.05, 4.69) is 10.3 Å². The van der Waals surface area contributed by atoms with Gasteiger partial charge in [-0.25, -0.2) is 4.98 Å². The molecule has 1 rings (SSSR count). The van der Waals surface area contributed by atoms with Crippen molar-refractivity contribution in [3.8, 4) is 0 Å². The lowest BCUT2D eigenvalue weighted by molar-refractivity contribution is 0.158. The molecule has 4 heteroatoms. The van der Waals surface area contributed by atoms with Gasteiger partial charge in [0.25, 0.3) is 0 Å². The van der Waals surface area contributed by atoms with Gasteiger partial charge < -0.3 is 10.1 Å². The molecular weight excluding hydrogens is 188 g/mol. The fourth-order valence-corrected chi connectivity index (χ4v) is 1.10. The van der Waals surface area contributed by atoms with Crippen molar-refractivity contribution in [2.24, 2.45) is 0 Å². The molecule has 3 nitrogen and oxygen atoms in total. The number of rotatable bonds is 5. The van der Waals surface area contributed by atoms with Crippen molar-refractivity contribution in [1.29, 1.82) is 0 Å². The van der Waals surface area contributed by atoms with Crippen molar-refractivity contribution in [3.63, 3.8) is 0 Å². The smallest absolute Gasteiger partial charge is 0.131 e. The van der Waals surface area contributed by atoms with Crippen LogP contribution in [-0.4, -0.2) is 24.7 Å². The Labute approximate surface area is 83.1 Å². The number of nitrogens with one attached hydrogen (secondary N) is 1. The lowest BCUT2D eigenvalue weighted by atomic mass is 10.4. The average Bonchev–Trinajstić information content (AvgIpc) is 2.13. The lowest BCUT2D eigenvalue weighted by Crippen LogP contribution is -2.08. The number of nitrogens with zero attached hydrogens (tertiary/aromatic N) is 1. The minimum absolute atomic E-state index is 0.501. The zero-order chi connectivity index (χ0) is 9.52. The maximum Gasteiger partial charge on any atom is 0.131 e. The molecule has 13 heavy (non-hydrogen) atoms. The first-order chi connectivity index (χ1) is 6.33. The molecule has 0 saturated carbocycles. The molecule has 0 atom stereocenters.